The summed E-state index contributed by atoms with van der Waals surface area (Å²) in [4.78, 5) is 2.34. The zero-order chi connectivity index (χ0) is 11.5. The van der Waals surface area contributed by atoms with E-state index in [1.807, 2.05) is 18.2 Å². The molecule has 0 radical (unpaired) electrons. The Morgan fingerprint density at radius 2 is 2.19 bits per heavy atom. The first-order valence-corrected chi connectivity index (χ1v) is 6.33. The minimum atomic E-state index is 0.298. The largest absolute Gasteiger partial charge is 0.327 e. The Balaban J connectivity index is 2.05. The van der Waals surface area contributed by atoms with Crippen LogP contribution in [0.5, 0.6) is 0 Å². The first kappa shape index (κ1) is 12.2. The van der Waals surface area contributed by atoms with E-state index in [1.54, 1.807) is 0 Å². The molecular weight excluding hydrogens is 243 g/mol. The van der Waals surface area contributed by atoms with E-state index in [2.05, 4.69) is 4.90 Å². The van der Waals surface area contributed by atoms with Crippen molar-refractivity contribution in [2.75, 3.05) is 13.1 Å². The predicted molar refractivity (Wildman–Crippen MR) is 68.9 cm³/mol. The lowest BCUT2D eigenvalue weighted by Gasteiger charge is -2.30. The normalized spacial score (nSPS) is 22.3. The Labute approximate surface area is 106 Å². The SMILES string of the molecule is N[C@@H]1CCCN(Cc2cccc(Cl)c2Cl)C1. The topological polar surface area (TPSA) is 29.3 Å². The molecular formula is C12H16Cl2N2. The molecule has 1 aromatic carbocycles. The second-order valence-corrected chi connectivity index (χ2v) is 5.14. The van der Waals surface area contributed by atoms with Crippen molar-refractivity contribution in [1.82, 2.24) is 4.90 Å². The predicted octanol–water partition coefficient (Wildman–Crippen LogP) is 2.92. The van der Waals surface area contributed by atoms with Gasteiger partial charge in [-0.3, -0.25) is 4.90 Å². The number of piperidine rings is 1. The van der Waals surface area contributed by atoms with Gasteiger partial charge in [0.2, 0.25) is 0 Å². The minimum absolute atomic E-state index is 0.298. The van der Waals surface area contributed by atoms with Crippen LogP contribution >= 0.6 is 23.2 Å². The Kier molecular flexibility index (Phi) is 4.09. The molecule has 1 aliphatic heterocycles. The number of hydrogen-bond acceptors (Lipinski definition) is 2. The average Bonchev–Trinajstić information content (AvgIpc) is 2.25. The van der Waals surface area contributed by atoms with Crippen molar-refractivity contribution in [3.8, 4) is 0 Å². The molecule has 1 atom stereocenters. The molecule has 88 valence electrons. The van der Waals surface area contributed by atoms with Gasteiger partial charge < -0.3 is 5.73 Å². The summed E-state index contributed by atoms with van der Waals surface area (Å²) in [5.41, 5.74) is 7.03. The van der Waals surface area contributed by atoms with Gasteiger partial charge >= 0.3 is 0 Å². The lowest BCUT2D eigenvalue weighted by atomic mass is 10.1. The monoisotopic (exact) mass is 258 g/mol. The highest BCUT2D eigenvalue weighted by atomic mass is 35.5. The van der Waals surface area contributed by atoms with Crippen LogP contribution in [0.2, 0.25) is 10.0 Å². The van der Waals surface area contributed by atoms with Gasteiger partial charge in [0.1, 0.15) is 0 Å². The maximum absolute atomic E-state index is 6.16. The third-order valence-electron chi connectivity index (χ3n) is 2.97. The summed E-state index contributed by atoms with van der Waals surface area (Å²) < 4.78 is 0. The molecule has 0 aromatic heterocycles. The summed E-state index contributed by atoms with van der Waals surface area (Å²) >= 11 is 12.1. The van der Waals surface area contributed by atoms with E-state index in [4.69, 9.17) is 28.9 Å². The molecule has 1 fully saturated rings. The van der Waals surface area contributed by atoms with Crippen LogP contribution in [-0.2, 0) is 6.54 Å². The van der Waals surface area contributed by atoms with Gasteiger partial charge in [0.15, 0.2) is 0 Å². The lowest BCUT2D eigenvalue weighted by Crippen LogP contribution is -2.42. The van der Waals surface area contributed by atoms with Gasteiger partial charge in [-0.05, 0) is 31.0 Å². The van der Waals surface area contributed by atoms with Gasteiger partial charge in [-0.15, -0.1) is 0 Å². The maximum atomic E-state index is 6.16. The highest BCUT2D eigenvalue weighted by Gasteiger charge is 2.17. The van der Waals surface area contributed by atoms with E-state index in [0.717, 1.165) is 31.6 Å². The summed E-state index contributed by atoms with van der Waals surface area (Å²) in [6.45, 7) is 2.88. The van der Waals surface area contributed by atoms with Crippen LogP contribution in [0.3, 0.4) is 0 Å². The van der Waals surface area contributed by atoms with E-state index in [0.29, 0.717) is 16.1 Å². The van der Waals surface area contributed by atoms with Crippen molar-refractivity contribution in [3.05, 3.63) is 33.8 Å². The Hall–Kier alpha value is -0.280. The smallest absolute Gasteiger partial charge is 0.0637 e. The van der Waals surface area contributed by atoms with E-state index in [-0.39, 0.29) is 0 Å². The summed E-state index contributed by atoms with van der Waals surface area (Å²) in [6.07, 6.45) is 2.29. The van der Waals surface area contributed by atoms with Crippen molar-refractivity contribution in [1.29, 1.82) is 0 Å². The van der Waals surface area contributed by atoms with Crippen LogP contribution in [0.25, 0.3) is 0 Å². The standard InChI is InChI=1S/C12H16Cl2N2/c13-11-5-1-3-9(12(11)14)7-16-6-2-4-10(15)8-16/h1,3,5,10H,2,4,6-8,15H2/t10-/m1/s1. The fourth-order valence-corrected chi connectivity index (χ4v) is 2.53. The van der Waals surface area contributed by atoms with E-state index >= 15 is 0 Å². The Bertz CT molecular complexity index is 368. The van der Waals surface area contributed by atoms with Crippen molar-refractivity contribution in [2.24, 2.45) is 5.73 Å². The summed E-state index contributed by atoms with van der Waals surface area (Å²) in [5.74, 6) is 0. The minimum Gasteiger partial charge on any atom is -0.327 e. The highest BCUT2D eigenvalue weighted by Crippen LogP contribution is 2.27. The summed E-state index contributed by atoms with van der Waals surface area (Å²) in [5, 5.41) is 1.30. The highest BCUT2D eigenvalue weighted by molar-refractivity contribution is 6.42. The van der Waals surface area contributed by atoms with Crippen molar-refractivity contribution in [2.45, 2.75) is 25.4 Å². The van der Waals surface area contributed by atoms with Crippen LogP contribution in [0.4, 0.5) is 0 Å². The lowest BCUT2D eigenvalue weighted by molar-refractivity contribution is 0.201. The van der Waals surface area contributed by atoms with Gasteiger partial charge in [-0.25, -0.2) is 0 Å². The van der Waals surface area contributed by atoms with Crippen LogP contribution in [0, 0.1) is 0 Å². The van der Waals surface area contributed by atoms with Gasteiger partial charge in [0.25, 0.3) is 0 Å². The molecule has 2 N–H and O–H groups in total. The molecule has 1 heterocycles. The number of nitrogens with two attached hydrogens (primary N) is 1. The Morgan fingerprint density at radius 1 is 1.38 bits per heavy atom. The number of likely N-dealkylation sites (tertiary alicyclic amines) is 1. The first-order valence-electron chi connectivity index (χ1n) is 5.57. The van der Waals surface area contributed by atoms with Crippen molar-refractivity contribution >= 4 is 23.2 Å². The second kappa shape index (κ2) is 5.37. The van der Waals surface area contributed by atoms with Crippen LogP contribution in [-0.4, -0.2) is 24.0 Å². The molecule has 1 aromatic rings. The first-order chi connectivity index (χ1) is 7.66. The quantitative estimate of drug-likeness (QED) is 0.884. The third-order valence-corrected chi connectivity index (χ3v) is 3.83. The number of hydrogen-bond donors (Lipinski definition) is 1. The van der Waals surface area contributed by atoms with Gasteiger partial charge in [-0.2, -0.15) is 0 Å². The molecule has 1 saturated heterocycles. The van der Waals surface area contributed by atoms with Crippen LogP contribution in [0.1, 0.15) is 18.4 Å². The second-order valence-electron chi connectivity index (χ2n) is 4.35. The Morgan fingerprint density at radius 3 is 2.94 bits per heavy atom. The molecule has 0 spiro atoms. The number of halogens is 2. The van der Waals surface area contributed by atoms with Crippen LogP contribution < -0.4 is 5.73 Å². The summed E-state index contributed by atoms with van der Waals surface area (Å²) in [6, 6.07) is 6.07. The number of rotatable bonds is 2. The zero-order valence-electron chi connectivity index (χ0n) is 9.13. The van der Waals surface area contributed by atoms with Gasteiger partial charge in [0, 0.05) is 19.1 Å². The number of nitrogens with zero attached hydrogens (tertiary/aromatic N) is 1. The van der Waals surface area contributed by atoms with Gasteiger partial charge in [-0.1, -0.05) is 35.3 Å². The maximum Gasteiger partial charge on any atom is 0.0637 e. The molecule has 0 aliphatic carbocycles. The zero-order valence-corrected chi connectivity index (χ0v) is 10.6. The van der Waals surface area contributed by atoms with E-state index in [1.165, 1.54) is 6.42 Å². The third kappa shape index (κ3) is 2.89. The molecule has 16 heavy (non-hydrogen) atoms. The average molecular weight is 259 g/mol. The van der Waals surface area contributed by atoms with E-state index in [9.17, 15) is 0 Å². The molecule has 2 nitrogen and oxygen atoms in total. The van der Waals surface area contributed by atoms with E-state index < -0.39 is 0 Å². The molecule has 0 bridgehead atoms. The van der Waals surface area contributed by atoms with Crippen molar-refractivity contribution in [3.63, 3.8) is 0 Å². The molecule has 4 heteroatoms. The van der Waals surface area contributed by atoms with Gasteiger partial charge in [0.05, 0.1) is 10.0 Å². The fraction of sp³-hybridized carbons (Fsp3) is 0.500. The van der Waals surface area contributed by atoms with Crippen molar-refractivity contribution < 1.29 is 0 Å². The molecule has 0 amide bonds. The molecule has 1 aliphatic rings. The summed E-state index contributed by atoms with van der Waals surface area (Å²) in [7, 11) is 0. The van der Waals surface area contributed by atoms with Crippen LogP contribution in [0.15, 0.2) is 18.2 Å². The fourth-order valence-electron chi connectivity index (χ4n) is 2.15. The number of benzene rings is 1. The molecule has 2 rings (SSSR count). The molecule has 0 unspecified atom stereocenters. The molecule has 0 saturated carbocycles.